The van der Waals surface area contributed by atoms with E-state index in [4.69, 9.17) is 4.74 Å². The van der Waals surface area contributed by atoms with Gasteiger partial charge in [-0.15, -0.1) is 0 Å². The van der Waals surface area contributed by atoms with Crippen LogP contribution in [0.15, 0.2) is 36.4 Å². The van der Waals surface area contributed by atoms with E-state index in [0.29, 0.717) is 0 Å². The second kappa shape index (κ2) is 5.44. The maximum Gasteiger partial charge on any atom is 0.339 e. The number of nitrogens with zero attached hydrogens (tertiary/aromatic N) is 1. The highest BCUT2D eigenvalue weighted by molar-refractivity contribution is 5.97. The summed E-state index contributed by atoms with van der Waals surface area (Å²) in [7, 11) is 0. The number of ether oxygens (including phenoxy) is 1. The number of rotatable bonds is 4. The Morgan fingerprint density at radius 1 is 1.14 bits per heavy atom. The standard InChI is InChI=1S/C16H15NO4/c18-15(17-6-3-7-17)10-21-14-9-12-5-2-1-4-11(12)8-13(14)16(19)20/h1-2,4-5,8-9H,3,6-7,10H2,(H,19,20). The molecule has 2 aromatic carbocycles. The molecule has 1 N–H and O–H groups in total. The number of carbonyl (C=O) groups excluding carboxylic acids is 1. The molecule has 1 fully saturated rings. The number of likely N-dealkylation sites (tertiary alicyclic amines) is 1. The molecular weight excluding hydrogens is 270 g/mol. The SMILES string of the molecule is O=C(O)c1cc2ccccc2cc1OCC(=O)N1CCC1. The summed E-state index contributed by atoms with van der Waals surface area (Å²) in [5.74, 6) is -0.937. The zero-order valence-electron chi connectivity index (χ0n) is 11.4. The fourth-order valence-corrected chi connectivity index (χ4v) is 2.30. The first-order valence-electron chi connectivity index (χ1n) is 6.82. The minimum absolute atomic E-state index is 0.0742. The average Bonchev–Trinajstić information content (AvgIpc) is 2.42. The first-order chi connectivity index (χ1) is 10.1. The molecule has 1 saturated heterocycles. The number of fused-ring (bicyclic) bond motifs is 1. The molecule has 108 valence electrons. The number of carboxylic acid groups (broad SMARTS) is 1. The highest BCUT2D eigenvalue weighted by Crippen LogP contribution is 2.26. The molecule has 0 unspecified atom stereocenters. The van der Waals surface area contributed by atoms with E-state index < -0.39 is 5.97 Å². The van der Waals surface area contributed by atoms with Crippen LogP contribution in [0, 0.1) is 0 Å². The van der Waals surface area contributed by atoms with Crippen molar-refractivity contribution in [3.8, 4) is 5.75 Å². The number of hydrogen-bond acceptors (Lipinski definition) is 3. The summed E-state index contributed by atoms with van der Waals surface area (Å²) in [6, 6.07) is 10.7. The van der Waals surface area contributed by atoms with Crippen molar-refractivity contribution in [1.29, 1.82) is 0 Å². The van der Waals surface area contributed by atoms with Crippen molar-refractivity contribution in [2.45, 2.75) is 6.42 Å². The smallest absolute Gasteiger partial charge is 0.339 e. The Balaban J connectivity index is 1.86. The van der Waals surface area contributed by atoms with Crippen LogP contribution in [0.3, 0.4) is 0 Å². The Hall–Kier alpha value is -2.56. The summed E-state index contributed by atoms with van der Waals surface area (Å²) >= 11 is 0. The van der Waals surface area contributed by atoms with Crippen LogP contribution >= 0.6 is 0 Å². The van der Waals surface area contributed by atoms with Crippen molar-refractivity contribution < 1.29 is 19.4 Å². The first-order valence-corrected chi connectivity index (χ1v) is 6.82. The fourth-order valence-electron chi connectivity index (χ4n) is 2.30. The van der Waals surface area contributed by atoms with Crippen LogP contribution in [-0.2, 0) is 4.79 Å². The Kier molecular flexibility index (Phi) is 3.48. The zero-order chi connectivity index (χ0) is 14.8. The summed E-state index contributed by atoms with van der Waals surface area (Å²) in [4.78, 5) is 24.8. The molecule has 5 heteroatoms. The van der Waals surface area contributed by atoms with Gasteiger partial charge in [0.1, 0.15) is 11.3 Å². The molecule has 1 amide bonds. The lowest BCUT2D eigenvalue weighted by Gasteiger charge is -2.30. The maximum absolute atomic E-state index is 11.8. The third-order valence-corrected chi connectivity index (χ3v) is 3.64. The Labute approximate surface area is 121 Å². The van der Waals surface area contributed by atoms with Crippen LogP contribution in [0.1, 0.15) is 16.8 Å². The second-order valence-electron chi connectivity index (χ2n) is 5.02. The first kappa shape index (κ1) is 13.4. The van der Waals surface area contributed by atoms with Gasteiger partial charge in [-0.3, -0.25) is 4.79 Å². The third kappa shape index (κ3) is 2.67. The average molecular weight is 285 g/mol. The lowest BCUT2D eigenvalue weighted by Crippen LogP contribution is -2.44. The number of carboxylic acids is 1. The molecule has 0 radical (unpaired) electrons. The molecule has 1 heterocycles. The minimum Gasteiger partial charge on any atom is -0.483 e. The van der Waals surface area contributed by atoms with Crippen LogP contribution in [0.2, 0.25) is 0 Å². The molecular formula is C16H15NO4. The number of hydrogen-bond donors (Lipinski definition) is 1. The van der Waals surface area contributed by atoms with Crippen molar-refractivity contribution in [2.75, 3.05) is 19.7 Å². The predicted molar refractivity (Wildman–Crippen MR) is 77.6 cm³/mol. The quantitative estimate of drug-likeness (QED) is 0.934. The van der Waals surface area contributed by atoms with Crippen molar-refractivity contribution in [2.24, 2.45) is 0 Å². The van der Waals surface area contributed by atoms with E-state index in [1.807, 2.05) is 24.3 Å². The van der Waals surface area contributed by atoms with Gasteiger partial charge in [0.15, 0.2) is 6.61 Å². The predicted octanol–water partition coefficient (Wildman–Crippen LogP) is 2.15. The number of aromatic carboxylic acids is 1. The minimum atomic E-state index is -1.06. The summed E-state index contributed by atoms with van der Waals surface area (Å²) in [5.41, 5.74) is 0.0742. The van der Waals surface area contributed by atoms with E-state index >= 15 is 0 Å². The largest absolute Gasteiger partial charge is 0.483 e. The van der Waals surface area contributed by atoms with Crippen molar-refractivity contribution in [3.63, 3.8) is 0 Å². The molecule has 0 bridgehead atoms. The Morgan fingerprint density at radius 3 is 2.38 bits per heavy atom. The molecule has 21 heavy (non-hydrogen) atoms. The molecule has 1 aliphatic heterocycles. The molecule has 0 aromatic heterocycles. The molecule has 1 aliphatic rings. The van der Waals surface area contributed by atoms with Gasteiger partial charge >= 0.3 is 5.97 Å². The summed E-state index contributed by atoms with van der Waals surface area (Å²) in [6.45, 7) is 1.38. The van der Waals surface area contributed by atoms with Gasteiger partial charge in [-0.1, -0.05) is 24.3 Å². The topological polar surface area (TPSA) is 66.8 Å². The Bertz CT molecular complexity index is 706. The van der Waals surface area contributed by atoms with E-state index in [1.165, 1.54) is 0 Å². The Morgan fingerprint density at radius 2 is 1.81 bits per heavy atom. The van der Waals surface area contributed by atoms with E-state index in [2.05, 4.69) is 0 Å². The van der Waals surface area contributed by atoms with Crippen LogP contribution in [0.4, 0.5) is 0 Å². The molecule has 0 aliphatic carbocycles. The van der Waals surface area contributed by atoms with Crippen LogP contribution in [0.5, 0.6) is 5.75 Å². The van der Waals surface area contributed by atoms with Gasteiger partial charge in [-0.2, -0.15) is 0 Å². The lowest BCUT2D eigenvalue weighted by atomic mass is 10.1. The van der Waals surface area contributed by atoms with E-state index in [0.717, 1.165) is 30.3 Å². The molecule has 0 saturated carbocycles. The molecule has 0 atom stereocenters. The second-order valence-corrected chi connectivity index (χ2v) is 5.02. The van der Waals surface area contributed by atoms with E-state index in [9.17, 15) is 14.7 Å². The molecule has 0 spiro atoms. The highest BCUT2D eigenvalue weighted by atomic mass is 16.5. The monoisotopic (exact) mass is 285 g/mol. The normalized spacial score (nSPS) is 13.8. The lowest BCUT2D eigenvalue weighted by molar-refractivity contribution is -0.136. The van der Waals surface area contributed by atoms with E-state index in [1.54, 1.807) is 17.0 Å². The summed E-state index contributed by atoms with van der Waals surface area (Å²) < 4.78 is 5.45. The number of carbonyl (C=O) groups is 2. The number of benzene rings is 2. The third-order valence-electron chi connectivity index (χ3n) is 3.64. The number of amides is 1. The van der Waals surface area contributed by atoms with Crippen LogP contribution in [-0.4, -0.2) is 41.6 Å². The zero-order valence-corrected chi connectivity index (χ0v) is 11.4. The van der Waals surface area contributed by atoms with Gasteiger partial charge in [-0.25, -0.2) is 4.79 Å². The van der Waals surface area contributed by atoms with Crippen molar-refractivity contribution >= 4 is 22.6 Å². The highest BCUT2D eigenvalue weighted by Gasteiger charge is 2.21. The van der Waals surface area contributed by atoms with Crippen molar-refractivity contribution in [3.05, 3.63) is 42.0 Å². The summed E-state index contributed by atoms with van der Waals surface area (Å²) in [5, 5.41) is 11.0. The van der Waals surface area contributed by atoms with Crippen molar-refractivity contribution in [1.82, 2.24) is 4.90 Å². The van der Waals surface area contributed by atoms with Crippen LogP contribution in [0.25, 0.3) is 10.8 Å². The van der Waals surface area contributed by atoms with Gasteiger partial charge in [0, 0.05) is 13.1 Å². The summed E-state index contributed by atoms with van der Waals surface area (Å²) in [6.07, 6.45) is 1.02. The van der Waals surface area contributed by atoms with Gasteiger partial charge in [-0.05, 0) is 29.3 Å². The van der Waals surface area contributed by atoms with Crippen LogP contribution < -0.4 is 4.74 Å². The van der Waals surface area contributed by atoms with Gasteiger partial charge in [0.05, 0.1) is 0 Å². The fraction of sp³-hybridized carbons (Fsp3) is 0.250. The van der Waals surface area contributed by atoms with Gasteiger partial charge in [0.25, 0.3) is 5.91 Å². The van der Waals surface area contributed by atoms with E-state index in [-0.39, 0.29) is 23.8 Å². The molecule has 3 rings (SSSR count). The molecule has 5 nitrogen and oxygen atoms in total. The maximum atomic E-state index is 11.8. The van der Waals surface area contributed by atoms with Gasteiger partial charge in [0.2, 0.25) is 0 Å². The van der Waals surface area contributed by atoms with Gasteiger partial charge < -0.3 is 14.7 Å². The molecule has 2 aromatic rings.